The van der Waals surface area contributed by atoms with Crippen LogP contribution in [0.5, 0.6) is 0 Å². The van der Waals surface area contributed by atoms with E-state index in [1.54, 1.807) is 0 Å². The largest absolute Gasteiger partial charge is 0.389 e. The maximum absolute atomic E-state index is 5.73. The van der Waals surface area contributed by atoms with Crippen molar-refractivity contribution in [3.63, 3.8) is 0 Å². The van der Waals surface area contributed by atoms with E-state index in [-0.39, 0.29) is 0 Å². The van der Waals surface area contributed by atoms with Crippen LogP contribution in [0.4, 0.5) is 0 Å². The lowest BCUT2D eigenvalue weighted by molar-refractivity contribution is 0.602. The van der Waals surface area contributed by atoms with Crippen LogP contribution in [0.15, 0.2) is 36.5 Å². The molecule has 0 atom stereocenters. The van der Waals surface area contributed by atoms with E-state index in [0.717, 1.165) is 29.9 Å². The van der Waals surface area contributed by atoms with Crippen LogP contribution in [0.25, 0.3) is 10.9 Å². The summed E-state index contributed by atoms with van der Waals surface area (Å²) < 4.78 is 4.25. The lowest BCUT2D eigenvalue weighted by atomic mass is 10.1. The van der Waals surface area contributed by atoms with Gasteiger partial charge in [-0.3, -0.25) is 4.68 Å². The maximum Gasteiger partial charge on any atom is 0.104 e. The summed E-state index contributed by atoms with van der Waals surface area (Å²) in [5.41, 5.74) is 10.0. The summed E-state index contributed by atoms with van der Waals surface area (Å²) in [6.45, 7) is 5.79. The van der Waals surface area contributed by atoms with Gasteiger partial charge in [0, 0.05) is 23.8 Å². The average Bonchev–Trinajstić information content (AvgIpc) is 3.02. The van der Waals surface area contributed by atoms with Crippen LogP contribution < -0.4 is 5.73 Å². The number of nitrogens with zero attached hydrogens (tertiary/aromatic N) is 3. The molecule has 0 fully saturated rings. The van der Waals surface area contributed by atoms with Crippen LogP contribution in [0.1, 0.15) is 23.9 Å². The summed E-state index contributed by atoms with van der Waals surface area (Å²) in [6.07, 6.45) is 2.09. The summed E-state index contributed by atoms with van der Waals surface area (Å²) in [6, 6.07) is 10.3. The molecule has 2 N–H and O–H groups in total. The minimum absolute atomic E-state index is 0.430. The standard InChI is InChI=1S/C16H18N4S/c1-3-20-14(8-11(2)18-20)10-19-7-6-12-4-5-13(16(17)21)9-15(12)19/h4-9H,3,10H2,1-2H3,(H2,17,21). The van der Waals surface area contributed by atoms with Crippen LogP contribution >= 0.6 is 12.2 Å². The van der Waals surface area contributed by atoms with E-state index in [2.05, 4.69) is 47.1 Å². The van der Waals surface area contributed by atoms with Gasteiger partial charge in [-0.2, -0.15) is 5.10 Å². The van der Waals surface area contributed by atoms with Crippen molar-refractivity contribution in [2.75, 3.05) is 0 Å². The number of hydrogen-bond acceptors (Lipinski definition) is 2. The number of rotatable bonds is 4. The lowest BCUT2D eigenvalue weighted by Gasteiger charge is -2.08. The van der Waals surface area contributed by atoms with E-state index in [4.69, 9.17) is 18.0 Å². The highest BCUT2D eigenvalue weighted by atomic mass is 32.1. The first-order chi connectivity index (χ1) is 10.1. The summed E-state index contributed by atoms with van der Waals surface area (Å²) in [7, 11) is 0. The Balaban J connectivity index is 2.03. The van der Waals surface area contributed by atoms with Gasteiger partial charge in [-0.15, -0.1) is 0 Å². The summed E-state index contributed by atoms with van der Waals surface area (Å²) in [5, 5.41) is 5.69. The third-order valence-electron chi connectivity index (χ3n) is 3.68. The zero-order chi connectivity index (χ0) is 15.0. The predicted molar refractivity (Wildman–Crippen MR) is 89.6 cm³/mol. The molecule has 0 amide bonds. The Morgan fingerprint density at radius 2 is 2.10 bits per heavy atom. The summed E-state index contributed by atoms with van der Waals surface area (Å²) in [5.74, 6) is 0. The lowest BCUT2D eigenvalue weighted by Crippen LogP contribution is -2.10. The van der Waals surface area contributed by atoms with Crippen molar-refractivity contribution < 1.29 is 0 Å². The molecule has 0 unspecified atom stereocenters. The Kier molecular flexibility index (Phi) is 3.51. The Hall–Kier alpha value is -2.14. The zero-order valence-electron chi connectivity index (χ0n) is 12.2. The first kappa shape index (κ1) is 13.8. The molecule has 0 radical (unpaired) electrons. The van der Waals surface area contributed by atoms with E-state index < -0.39 is 0 Å². The normalized spacial score (nSPS) is 11.1. The van der Waals surface area contributed by atoms with E-state index >= 15 is 0 Å². The Bertz CT molecular complexity index is 813. The van der Waals surface area contributed by atoms with Crippen LogP contribution in [0.2, 0.25) is 0 Å². The molecule has 2 aromatic heterocycles. The topological polar surface area (TPSA) is 48.8 Å². The molecule has 3 rings (SSSR count). The van der Waals surface area contributed by atoms with E-state index in [0.29, 0.717) is 4.99 Å². The van der Waals surface area contributed by atoms with Gasteiger partial charge in [0.15, 0.2) is 0 Å². The third kappa shape index (κ3) is 2.56. The highest BCUT2D eigenvalue weighted by Gasteiger charge is 2.08. The quantitative estimate of drug-likeness (QED) is 0.754. The first-order valence-corrected chi connectivity index (χ1v) is 7.41. The van der Waals surface area contributed by atoms with Crippen LogP contribution in [-0.2, 0) is 13.1 Å². The third-order valence-corrected chi connectivity index (χ3v) is 3.91. The predicted octanol–water partition coefficient (Wildman–Crippen LogP) is 2.85. The molecule has 0 aliphatic heterocycles. The van der Waals surface area contributed by atoms with Crippen molar-refractivity contribution >= 4 is 28.1 Å². The molecule has 4 nitrogen and oxygen atoms in total. The van der Waals surface area contributed by atoms with Gasteiger partial charge in [0.05, 0.1) is 17.9 Å². The fourth-order valence-corrected chi connectivity index (χ4v) is 2.78. The number of aryl methyl sites for hydroxylation is 2. The van der Waals surface area contributed by atoms with Gasteiger partial charge in [-0.25, -0.2) is 0 Å². The number of fused-ring (bicyclic) bond motifs is 1. The number of benzene rings is 1. The molecule has 0 bridgehead atoms. The SMILES string of the molecule is CCn1nc(C)cc1Cn1ccc2ccc(C(N)=S)cc21. The van der Waals surface area contributed by atoms with Crippen molar-refractivity contribution in [2.24, 2.45) is 5.73 Å². The van der Waals surface area contributed by atoms with Gasteiger partial charge in [-0.05, 0) is 37.4 Å². The van der Waals surface area contributed by atoms with E-state index in [1.807, 2.05) is 17.7 Å². The Morgan fingerprint density at radius 1 is 1.29 bits per heavy atom. The van der Waals surface area contributed by atoms with Crippen LogP contribution in [0, 0.1) is 6.92 Å². The van der Waals surface area contributed by atoms with Gasteiger partial charge in [0.1, 0.15) is 4.99 Å². The fraction of sp³-hybridized carbons (Fsp3) is 0.250. The average molecular weight is 298 g/mol. The van der Waals surface area contributed by atoms with Crippen molar-refractivity contribution in [1.82, 2.24) is 14.3 Å². The number of hydrogen-bond donors (Lipinski definition) is 1. The summed E-state index contributed by atoms with van der Waals surface area (Å²) in [4.78, 5) is 0.430. The Morgan fingerprint density at radius 3 is 2.81 bits per heavy atom. The highest BCUT2D eigenvalue weighted by molar-refractivity contribution is 7.80. The van der Waals surface area contributed by atoms with Gasteiger partial charge in [0.2, 0.25) is 0 Å². The molecule has 108 valence electrons. The van der Waals surface area contributed by atoms with E-state index in [1.165, 1.54) is 11.1 Å². The second-order valence-corrected chi connectivity index (χ2v) is 5.61. The minimum atomic E-state index is 0.430. The molecular weight excluding hydrogens is 280 g/mol. The molecule has 0 aliphatic rings. The van der Waals surface area contributed by atoms with Gasteiger partial charge in [0.25, 0.3) is 0 Å². The number of aromatic nitrogens is 3. The van der Waals surface area contributed by atoms with E-state index in [9.17, 15) is 0 Å². The van der Waals surface area contributed by atoms with Crippen LogP contribution in [-0.4, -0.2) is 19.3 Å². The summed E-state index contributed by atoms with van der Waals surface area (Å²) >= 11 is 5.07. The van der Waals surface area contributed by atoms with Crippen molar-refractivity contribution in [2.45, 2.75) is 26.9 Å². The molecule has 3 aromatic rings. The second-order valence-electron chi connectivity index (χ2n) is 5.17. The van der Waals surface area contributed by atoms with Crippen molar-refractivity contribution in [3.8, 4) is 0 Å². The van der Waals surface area contributed by atoms with Crippen LogP contribution in [0.3, 0.4) is 0 Å². The molecule has 2 heterocycles. The minimum Gasteiger partial charge on any atom is -0.389 e. The molecule has 0 saturated heterocycles. The fourth-order valence-electron chi connectivity index (χ4n) is 2.65. The first-order valence-electron chi connectivity index (χ1n) is 7.00. The molecular formula is C16H18N4S. The molecule has 0 spiro atoms. The molecule has 5 heteroatoms. The van der Waals surface area contributed by atoms with Crippen molar-refractivity contribution in [3.05, 3.63) is 53.5 Å². The Labute approximate surface area is 129 Å². The molecule has 21 heavy (non-hydrogen) atoms. The molecule has 1 aromatic carbocycles. The maximum atomic E-state index is 5.73. The monoisotopic (exact) mass is 298 g/mol. The zero-order valence-corrected chi connectivity index (χ0v) is 13.0. The molecule has 0 saturated carbocycles. The van der Waals surface area contributed by atoms with Crippen molar-refractivity contribution in [1.29, 1.82) is 0 Å². The van der Waals surface area contributed by atoms with Gasteiger partial charge < -0.3 is 10.3 Å². The number of thiocarbonyl (C=S) groups is 1. The smallest absolute Gasteiger partial charge is 0.104 e. The highest BCUT2D eigenvalue weighted by Crippen LogP contribution is 2.19. The second kappa shape index (κ2) is 5.33. The number of nitrogens with two attached hydrogens (primary N) is 1. The van der Waals surface area contributed by atoms with Gasteiger partial charge in [-0.1, -0.05) is 24.4 Å². The van der Waals surface area contributed by atoms with Gasteiger partial charge >= 0.3 is 0 Å². The molecule has 0 aliphatic carbocycles.